The molecule has 2 N–H and O–H groups in total. The molecule has 0 aliphatic heterocycles. The summed E-state index contributed by atoms with van der Waals surface area (Å²) in [6, 6.07) is 16.9. The maximum Gasteiger partial charge on any atom is 0.412 e. The van der Waals surface area contributed by atoms with Gasteiger partial charge in [-0.1, -0.05) is 30.3 Å². The van der Waals surface area contributed by atoms with Crippen LogP contribution in [0.25, 0.3) is 11.1 Å². The van der Waals surface area contributed by atoms with Crippen LogP contribution in [0.5, 0.6) is 5.75 Å². The molecule has 0 bridgehead atoms. The lowest BCUT2D eigenvalue weighted by molar-refractivity contribution is -0.115. The van der Waals surface area contributed by atoms with Crippen molar-refractivity contribution < 1.29 is 28.2 Å². The number of hydrogen-bond acceptors (Lipinski definition) is 6. The molecule has 0 atom stereocenters. The number of halogens is 1. The number of ketones is 1. The molecule has 2 amide bonds. The largest absolute Gasteiger partial charge is 0.496 e. The Bertz CT molecular complexity index is 1390. The van der Waals surface area contributed by atoms with Crippen LogP contribution in [0.3, 0.4) is 0 Å². The Morgan fingerprint density at radius 2 is 1.65 bits per heavy atom. The number of anilines is 2. The molecule has 0 aliphatic rings. The van der Waals surface area contributed by atoms with Crippen molar-refractivity contribution in [1.82, 2.24) is 0 Å². The number of Topliss-reactive ketones (excluding diaryl/α,β-unsaturated/α-hetero) is 1. The van der Waals surface area contributed by atoms with E-state index in [0.717, 1.165) is 0 Å². The molecule has 0 aromatic heterocycles. The van der Waals surface area contributed by atoms with E-state index in [-0.39, 0.29) is 28.3 Å². The second kappa shape index (κ2) is 11.4. The van der Waals surface area contributed by atoms with Crippen LogP contribution in [0.15, 0.2) is 60.7 Å². The van der Waals surface area contributed by atoms with E-state index in [1.807, 2.05) is 6.07 Å². The number of benzene rings is 3. The molecule has 0 unspecified atom stereocenters. The van der Waals surface area contributed by atoms with E-state index in [1.165, 1.54) is 37.4 Å². The number of rotatable bonds is 7. The Balaban J connectivity index is 1.97. The minimum Gasteiger partial charge on any atom is -0.496 e. The van der Waals surface area contributed by atoms with E-state index in [0.29, 0.717) is 11.1 Å². The number of methoxy groups -OCH3 is 1. The summed E-state index contributed by atoms with van der Waals surface area (Å²) in [5.74, 6) is -1.46. The van der Waals surface area contributed by atoms with Crippen molar-refractivity contribution in [3.05, 3.63) is 77.6 Å². The predicted octanol–water partition coefficient (Wildman–Crippen LogP) is 5.93. The maximum atomic E-state index is 14.6. The molecule has 190 valence electrons. The SMILES string of the molecule is COc1cc(NC(=O)OC(C)(C)C)c(NC(=O)CC(=O)c2cccc(C#N)c2)cc1-c1ccccc1F. The molecule has 0 radical (unpaired) electrons. The fraction of sp³-hybridized carbons (Fsp3) is 0.214. The molecule has 3 aromatic carbocycles. The van der Waals surface area contributed by atoms with Gasteiger partial charge in [0.25, 0.3) is 0 Å². The molecule has 37 heavy (non-hydrogen) atoms. The zero-order valence-electron chi connectivity index (χ0n) is 20.8. The molecule has 0 heterocycles. The monoisotopic (exact) mass is 503 g/mol. The number of nitrogens with zero attached hydrogens (tertiary/aromatic N) is 1. The predicted molar refractivity (Wildman–Crippen MR) is 137 cm³/mol. The molecule has 0 aliphatic carbocycles. The van der Waals surface area contributed by atoms with E-state index in [2.05, 4.69) is 10.6 Å². The van der Waals surface area contributed by atoms with Gasteiger partial charge in [0.15, 0.2) is 5.78 Å². The van der Waals surface area contributed by atoms with Crippen molar-refractivity contribution in [1.29, 1.82) is 5.26 Å². The third-order valence-corrected chi connectivity index (χ3v) is 5.05. The number of nitrogens with one attached hydrogen (secondary N) is 2. The number of ether oxygens (including phenoxy) is 2. The van der Waals surface area contributed by atoms with Crippen LogP contribution in [0, 0.1) is 17.1 Å². The molecular formula is C28H26FN3O5. The van der Waals surface area contributed by atoms with Crippen molar-refractivity contribution in [3.8, 4) is 22.9 Å². The first-order valence-electron chi connectivity index (χ1n) is 11.3. The molecule has 8 nitrogen and oxygen atoms in total. The smallest absolute Gasteiger partial charge is 0.412 e. The van der Waals surface area contributed by atoms with Gasteiger partial charge in [-0.25, -0.2) is 9.18 Å². The van der Waals surface area contributed by atoms with Crippen molar-refractivity contribution in [2.24, 2.45) is 0 Å². The normalized spacial score (nSPS) is 10.7. The molecule has 3 aromatic rings. The van der Waals surface area contributed by atoms with Crippen LogP contribution < -0.4 is 15.4 Å². The second-order valence-corrected chi connectivity index (χ2v) is 9.05. The van der Waals surface area contributed by atoms with E-state index < -0.39 is 35.6 Å². The van der Waals surface area contributed by atoms with Crippen LogP contribution in [-0.4, -0.2) is 30.5 Å². The van der Waals surface area contributed by atoms with Crippen molar-refractivity contribution in [3.63, 3.8) is 0 Å². The Hall–Kier alpha value is -4.71. The van der Waals surface area contributed by atoms with Crippen LogP contribution in [0.2, 0.25) is 0 Å². The summed E-state index contributed by atoms with van der Waals surface area (Å²) in [6.45, 7) is 5.10. The van der Waals surface area contributed by atoms with Gasteiger partial charge in [-0.3, -0.25) is 14.9 Å². The highest BCUT2D eigenvalue weighted by molar-refractivity contribution is 6.12. The lowest BCUT2D eigenvalue weighted by Gasteiger charge is -2.21. The van der Waals surface area contributed by atoms with Crippen molar-refractivity contribution in [2.75, 3.05) is 17.7 Å². The maximum absolute atomic E-state index is 14.6. The minimum absolute atomic E-state index is 0.105. The molecule has 0 saturated heterocycles. The molecule has 0 saturated carbocycles. The Morgan fingerprint density at radius 3 is 2.30 bits per heavy atom. The van der Waals surface area contributed by atoms with Crippen LogP contribution in [0.4, 0.5) is 20.6 Å². The van der Waals surface area contributed by atoms with Crippen molar-refractivity contribution >= 4 is 29.2 Å². The van der Waals surface area contributed by atoms with Gasteiger partial charge in [0, 0.05) is 22.8 Å². The quantitative estimate of drug-likeness (QED) is 0.305. The van der Waals surface area contributed by atoms with Gasteiger partial charge in [0.1, 0.15) is 17.2 Å². The average molecular weight is 504 g/mol. The van der Waals surface area contributed by atoms with Gasteiger partial charge in [-0.15, -0.1) is 0 Å². The number of amides is 2. The first-order valence-corrected chi connectivity index (χ1v) is 11.3. The third kappa shape index (κ3) is 7.15. The summed E-state index contributed by atoms with van der Waals surface area (Å²) in [5.41, 5.74) is 0.478. The lowest BCUT2D eigenvalue weighted by atomic mass is 10.0. The number of carbonyl (C=O) groups is 3. The van der Waals surface area contributed by atoms with E-state index in [1.54, 1.807) is 51.1 Å². The van der Waals surface area contributed by atoms with E-state index in [9.17, 15) is 18.8 Å². The third-order valence-electron chi connectivity index (χ3n) is 5.05. The zero-order chi connectivity index (χ0) is 27.2. The molecular weight excluding hydrogens is 477 g/mol. The van der Waals surface area contributed by atoms with Crippen LogP contribution in [-0.2, 0) is 9.53 Å². The lowest BCUT2D eigenvalue weighted by Crippen LogP contribution is -2.27. The van der Waals surface area contributed by atoms with Gasteiger partial charge in [-0.2, -0.15) is 5.26 Å². The second-order valence-electron chi connectivity index (χ2n) is 9.05. The zero-order valence-corrected chi connectivity index (χ0v) is 20.8. The Kier molecular flexibility index (Phi) is 8.25. The van der Waals surface area contributed by atoms with Crippen LogP contribution in [0.1, 0.15) is 43.1 Å². The topological polar surface area (TPSA) is 118 Å². The fourth-order valence-corrected chi connectivity index (χ4v) is 3.46. The molecule has 9 heteroatoms. The highest BCUT2D eigenvalue weighted by atomic mass is 19.1. The van der Waals surface area contributed by atoms with Gasteiger partial charge in [0.2, 0.25) is 5.91 Å². The summed E-state index contributed by atoms with van der Waals surface area (Å²) < 4.78 is 25.3. The number of nitriles is 1. The standard InChI is InChI=1S/C28H26FN3O5/c1-28(2,3)37-27(35)32-23-14-25(36-4)20(19-10-5-6-11-21(19)29)13-22(23)31-26(34)15-24(33)18-9-7-8-17(12-18)16-30/h5-14H,15H2,1-4H3,(H,31,34)(H,32,35). The van der Waals surface area contributed by atoms with E-state index >= 15 is 0 Å². The Morgan fingerprint density at radius 1 is 0.946 bits per heavy atom. The summed E-state index contributed by atoms with van der Waals surface area (Å²) in [6.07, 6.45) is -1.31. The van der Waals surface area contributed by atoms with Crippen molar-refractivity contribution in [2.45, 2.75) is 32.8 Å². The Labute approximate surface area is 214 Å². The fourth-order valence-electron chi connectivity index (χ4n) is 3.46. The summed E-state index contributed by atoms with van der Waals surface area (Å²) >= 11 is 0. The van der Waals surface area contributed by atoms with Gasteiger partial charge < -0.3 is 14.8 Å². The van der Waals surface area contributed by atoms with Gasteiger partial charge in [0.05, 0.1) is 36.5 Å². The van der Waals surface area contributed by atoms with E-state index in [4.69, 9.17) is 14.7 Å². The first kappa shape index (κ1) is 26.9. The van der Waals surface area contributed by atoms with Gasteiger partial charge >= 0.3 is 6.09 Å². The summed E-state index contributed by atoms with van der Waals surface area (Å²) in [4.78, 5) is 37.9. The number of hydrogen-bond donors (Lipinski definition) is 2. The first-order chi connectivity index (χ1) is 17.5. The molecule has 0 fully saturated rings. The average Bonchev–Trinajstić information content (AvgIpc) is 2.84. The van der Waals surface area contributed by atoms with Crippen LogP contribution >= 0.6 is 0 Å². The van der Waals surface area contributed by atoms with Gasteiger partial charge in [-0.05, 0) is 45.0 Å². The highest BCUT2D eigenvalue weighted by Crippen LogP contribution is 2.39. The summed E-state index contributed by atoms with van der Waals surface area (Å²) in [5, 5.41) is 14.2. The molecule has 3 rings (SSSR count). The number of carbonyl (C=O) groups excluding carboxylic acids is 3. The molecule has 0 spiro atoms. The highest BCUT2D eigenvalue weighted by Gasteiger charge is 2.22. The minimum atomic E-state index is -0.784. The summed E-state index contributed by atoms with van der Waals surface area (Å²) in [7, 11) is 1.39.